The molecule has 7 nitrogen and oxygen atoms in total. The van der Waals surface area contributed by atoms with Gasteiger partial charge in [-0.05, 0) is 0 Å². The maximum absolute atomic E-state index is 9.60. The lowest BCUT2D eigenvalue weighted by molar-refractivity contribution is -0.236. The summed E-state index contributed by atoms with van der Waals surface area (Å²) in [4.78, 5) is 0. The van der Waals surface area contributed by atoms with Crippen molar-refractivity contribution in [3.63, 3.8) is 0 Å². The van der Waals surface area contributed by atoms with E-state index in [9.17, 15) is 15.3 Å². The third kappa shape index (κ3) is 3.11. The molecule has 0 aromatic carbocycles. The lowest BCUT2D eigenvalue weighted by Gasteiger charge is -2.40. The summed E-state index contributed by atoms with van der Waals surface area (Å²) in [5.74, 6) is 0. The summed E-state index contributed by atoms with van der Waals surface area (Å²) in [5.41, 5.74) is 0. The van der Waals surface area contributed by atoms with Gasteiger partial charge in [-0.2, -0.15) is 0 Å². The van der Waals surface area contributed by atoms with Gasteiger partial charge in [0.1, 0.15) is 30.6 Å². The van der Waals surface area contributed by atoms with Gasteiger partial charge in [0.15, 0.2) is 0 Å². The number of aliphatic hydroxyl groups is 4. The van der Waals surface area contributed by atoms with Crippen molar-refractivity contribution in [2.75, 3.05) is 26.9 Å². The minimum absolute atomic E-state index is 0.423. The first-order chi connectivity index (χ1) is 7.61. The average molecular weight is 237 g/mol. The predicted octanol–water partition coefficient (Wildman–Crippen LogP) is -2.98. The molecule has 1 fully saturated rings. The summed E-state index contributed by atoms with van der Waals surface area (Å²) in [7, 11) is 1.54. The monoisotopic (exact) mass is 237 g/mol. The van der Waals surface area contributed by atoms with Crippen molar-refractivity contribution in [2.45, 2.75) is 30.6 Å². The van der Waals surface area contributed by atoms with E-state index < -0.39 is 37.3 Å². The SMILES string of the molecule is COCCNC1O[C@H](CO)[C@@H](O)[C@H](O)[C@H]1O. The molecule has 0 amide bonds. The van der Waals surface area contributed by atoms with Crippen LogP contribution in [0.1, 0.15) is 0 Å². The fraction of sp³-hybridized carbons (Fsp3) is 1.00. The second kappa shape index (κ2) is 6.45. The van der Waals surface area contributed by atoms with Gasteiger partial charge in [-0.15, -0.1) is 0 Å². The van der Waals surface area contributed by atoms with Gasteiger partial charge in [-0.3, -0.25) is 5.32 Å². The first-order valence-corrected chi connectivity index (χ1v) is 5.14. The lowest BCUT2D eigenvalue weighted by Crippen LogP contribution is -2.62. The van der Waals surface area contributed by atoms with Gasteiger partial charge in [0, 0.05) is 13.7 Å². The van der Waals surface area contributed by atoms with E-state index in [2.05, 4.69) is 5.32 Å². The summed E-state index contributed by atoms with van der Waals surface area (Å²) in [6.45, 7) is 0.432. The van der Waals surface area contributed by atoms with Gasteiger partial charge in [0.25, 0.3) is 0 Å². The Morgan fingerprint density at radius 3 is 2.44 bits per heavy atom. The normalized spacial score (nSPS) is 39.9. The molecule has 96 valence electrons. The van der Waals surface area contributed by atoms with Crippen molar-refractivity contribution in [3.05, 3.63) is 0 Å². The van der Waals surface area contributed by atoms with E-state index in [4.69, 9.17) is 14.6 Å². The highest BCUT2D eigenvalue weighted by Gasteiger charge is 2.42. The van der Waals surface area contributed by atoms with Gasteiger partial charge in [-0.25, -0.2) is 0 Å². The molecule has 7 heteroatoms. The van der Waals surface area contributed by atoms with Gasteiger partial charge < -0.3 is 29.9 Å². The number of hydrogen-bond acceptors (Lipinski definition) is 7. The molecular weight excluding hydrogens is 218 g/mol. The summed E-state index contributed by atoms with van der Waals surface area (Å²) >= 11 is 0. The van der Waals surface area contributed by atoms with E-state index in [0.29, 0.717) is 13.2 Å². The van der Waals surface area contributed by atoms with Crippen LogP contribution < -0.4 is 5.32 Å². The van der Waals surface area contributed by atoms with E-state index in [1.807, 2.05) is 0 Å². The van der Waals surface area contributed by atoms with Crippen LogP contribution in [0, 0.1) is 0 Å². The first-order valence-electron chi connectivity index (χ1n) is 5.14. The van der Waals surface area contributed by atoms with Crippen molar-refractivity contribution >= 4 is 0 Å². The highest BCUT2D eigenvalue weighted by molar-refractivity contribution is 4.90. The molecular formula is C9H19NO6. The molecule has 5 N–H and O–H groups in total. The standard InChI is InChI=1S/C9H19NO6/c1-15-3-2-10-9-8(14)7(13)6(12)5(4-11)16-9/h5-14H,2-4H2,1H3/t5-,6-,7+,8-,9?/m1/s1. The maximum Gasteiger partial charge on any atom is 0.137 e. The smallest absolute Gasteiger partial charge is 0.137 e. The van der Waals surface area contributed by atoms with Crippen LogP contribution >= 0.6 is 0 Å². The molecule has 0 radical (unpaired) electrons. The summed E-state index contributed by atoms with van der Waals surface area (Å²) in [6.07, 6.45) is -5.61. The molecule has 0 aliphatic carbocycles. The second-order valence-corrected chi connectivity index (χ2v) is 3.70. The van der Waals surface area contributed by atoms with Crippen LogP contribution in [0.3, 0.4) is 0 Å². The number of nitrogens with one attached hydrogen (secondary N) is 1. The highest BCUT2D eigenvalue weighted by Crippen LogP contribution is 2.19. The third-order valence-electron chi connectivity index (χ3n) is 2.54. The Morgan fingerprint density at radius 1 is 1.19 bits per heavy atom. The van der Waals surface area contributed by atoms with Crippen LogP contribution in [0.25, 0.3) is 0 Å². The van der Waals surface area contributed by atoms with Crippen molar-refractivity contribution in [1.82, 2.24) is 5.32 Å². The Balaban J connectivity index is 2.50. The Labute approximate surface area is 93.6 Å². The molecule has 1 aliphatic rings. The lowest BCUT2D eigenvalue weighted by atomic mass is 9.98. The molecule has 0 spiro atoms. The van der Waals surface area contributed by atoms with Crippen LogP contribution in [0.4, 0.5) is 0 Å². The number of aliphatic hydroxyl groups excluding tert-OH is 4. The minimum atomic E-state index is -1.34. The topological polar surface area (TPSA) is 111 Å². The van der Waals surface area contributed by atoms with Gasteiger partial charge in [0.2, 0.25) is 0 Å². The third-order valence-corrected chi connectivity index (χ3v) is 2.54. The Hall–Kier alpha value is -0.280. The highest BCUT2D eigenvalue weighted by atomic mass is 16.6. The van der Waals surface area contributed by atoms with Crippen molar-refractivity contribution < 1.29 is 29.9 Å². The van der Waals surface area contributed by atoms with E-state index in [-0.39, 0.29) is 0 Å². The molecule has 1 aliphatic heterocycles. The fourth-order valence-electron chi connectivity index (χ4n) is 1.57. The van der Waals surface area contributed by atoms with Crippen molar-refractivity contribution in [2.24, 2.45) is 0 Å². The van der Waals surface area contributed by atoms with Crippen molar-refractivity contribution in [3.8, 4) is 0 Å². The fourth-order valence-corrected chi connectivity index (χ4v) is 1.57. The molecule has 1 rings (SSSR count). The second-order valence-electron chi connectivity index (χ2n) is 3.70. The Bertz CT molecular complexity index is 202. The number of hydrogen-bond donors (Lipinski definition) is 5. The van der Waals surface area contributed by atoms with Gasteiger partial charge >= 0.3 is 0 Å². The molecule has 0 aromatic rings. The average Bonchev–Trinajstić information content (AvgIpc) is 2.29. The number of methoxy groups -OCH3 is 1. The first kappa shape index (κ1) is 13.8. The molecule has 5 atom stereocenters. The molecule has 0 saturated carbocycles. The largest absolute Gasteiger partial charge is 0.394 e. The van der Waals surface area contributed by atoms with E-state index in [0.717, 1.165) is 0 Å². The summed E-state index contributed by atoms with van der Waals surface area (Å²) < 4.78 is 10.0. The zero-order valence-corrected chi connectivity index (χ0v) is 9.11. The maximum atomic E-state index is 9.60. The van der Waals surface area contributed by atoms with E-state index >= 15 is 0 Å². The molecule has 0 aromatic heterocycles. The number of rotatable bonds is 5. The Kier molecular flexibility index (Phi) is 5.56. The van der Waals surface area contributed by atoms with E-state index in [1.54, 1.807) is 0 Å². The number of ether oxygens (including phenoxy) is 2. The van der Waals surface area contributed by atoms with Crippen LogP contribution in [0.5, 0.6) is 0 Å². The van der Waals surface area contributed by atoms with Crippen LogP contribution in [-0.2, 0) is 9.47 Å². The van der Waals surface area contributed by atoms with Crippen LogP contribution in [0.2, 0.25) is 0 Å². The Morgan fingerprint density at radius 2 is 1.88 bits per heavy atom. The van der Waals surface area contributed by atoms with Crippen LogP contribution in [0.15, 0.2) is 0 Å². The zero-order chi connectivity index (χ0) is 12.1. The van der Waals surface area contributed by atoms with Gasteiger partial charge in [0.05, 0.1) is 13.2 Å². The molecule has 1 saturated heterocycles. The summed E-state index contributed by atoms with van der Waals surface area (Å²) in [6, 6.07) is 0. The van der Waals surface area contributed by atoms with Crippen LogP contribution in [-0.4, -0.2) is 77.9 Å². The molecule has 1 heterocycles. The minimum Gasteiger partial charge on any atom is -0.394 e. The molecule has 16 heavy (non-hydrogen) atoms. The molecule has 1 unspecified atom stereocenters. The van der Waals surface area contributed by atoms with Gasteiger partial charge in [-0.1, -0.05) is 0 Å². The summed E-state index contributed by atoms with van der Waals surface area (Å²) in [5, 5.41) is 40.3. The zero-order valence-electron chi connectivity index (χ0n) is 9.11. The quantitative estimate of drug-likeness (QED) is 0.324. The van der Waals surface area contributed by atoms with Crippen molar-refractivity contribution in [1.29, 1.82) is 0 Å². The predicted molar refractivity (Wildman–Crippen MR) is 53.6 cm³/mol. The van der Waals surface area contributed by atoms with E-state index in [1.165, 1.54) is 7.11 Å². The molecule has 0 bridgehead atoms.